The number of hydrogen-bond donors (Lipinski definition) is 3. The fraction of sp³-hybridized carbons (Fsp3) is 0.625. The summed E-state index contributed by atoms with van der Waals surface area (Å²) in [5, 5.41) is 10.7. The molecule has 1 atom stereocenters. The van der Waals surface area contributed by atoms with Crippen LogP contribution in [0.5, 0.6) is 0 Å². The van der Waals surface area contributed by atoms with Gasteiger partial charge < -0.3 is 20.9 Å². The Hall–Kier alpha value is -2.28. The third kappa shape index (κ3) is 9.48. The van der Waals surface area contributed by atoms with E-state index in [1.54, 1.807) is 6.20 Å². The fourth-order valence-electron chi connectivity index (χ4n) is 5.89. The molecular formula is C32H49N5O. The van der Waals surface area contributed by atoms with E-state index in [-0.39, 0.29) is 11.9 Å². The molecule has 4 rings (SSSR count). The van der Waals surface area contributed by atoms with Crippen LogP contribution >= 0.6 is 0 Å². The third-order valence-corrected chi connectivity index (χ3v) is 8.26. The van der Waals surface area contributed by atoms with Crippen LogP contribution in [-0.4, -0.2) is 47.0 Å². The van der Waals surface area contributed by atoms with Gasteiger partial charge in [0.1, 0.15) is 0 Å². The Morgan fingerprint density at radius 2 is 1.61 bits per heavy atom. The Morgan fingerprint density at radius 1 is 0.895 bits per heavy atom. The molecule has 6 heteroatoms. The van der Waals surface area contributed by atoms with Crippen molar-refractivity contribution in [3.8, 4) is 0 Å². The van der Waals surface area contributed by atoms with Crippen LogP contribution in [0, 0.1) is 0 Å². The number of hydrogen-bond acceptors (Lipinski definition) is 5. The molecule has 2 saturated carbocycles. The van der Waals surface area contributed by atoms with Gasteiger partial charge in [0, 0.05) is 37.9 Å². The van der Waals surface area contributed by atoms with Crippen molar-refractivity contribution < 1.29 is 4.79 Å². The molecule has 1 heterocycles. The van der Waals surface area contributed by atoms with E-state index in [2.05, 4.69) is 50.1 Å². The topological polar surface area (TPSA) is 69.3 Å². The smallest absolute Gasteiger partial charge is 0.239 e. The van der Waals surface area contributed by atoms with E-state index >= 15 is 0 Å². The van der Waals surface area contributed by atoms with Crippen molar-refractivity contribution >= 4 is 5.91 Å². The second-order valence-corrected chi connectivity index (χ2v) is 11.3. The average Bonchev–Trinajstić information content (AvgIpc) is 2.98. The molecule has 1 aromatic heterocycles. The van der Waals surface area contributed by atoms with Gasteiger partial charge in [-0.05, 0) is 75.4 Å². The zero-order chi connectivity index (χ0) is 26.4. The van der Waals surface area contributed by atoms with Gasteiger partial charge in [-0.25, -0.2) is 0 Å². The minimum atomic E-state index is -0.241. The molecule has 0 bridgehead atoms. The van der Waals surface area contributed by atoms with Crippen LogP contribution in [0.2, 0.25) is 0 Å². The molecule has 2 aliphatic carbocycles. The monoisotopic (exact) mass is 519 g/mol. The number of benzene rings is 1. The summed E-state index contributed by atoms with van der Waals surface area (Å²) in [5.41, 5.74) is 3.47. The summed E-state index contributed by atoms with van der Waals surface area (Å²) in [5.74, 6) is 0.195. The maximum atomic E-state index is 13.6. The predicted octanol–water partition coefficient (Wildman–Crippen LogP) is 5.32. The molecule has 2 aromatic rings. The molecule has 1 amide bonds. The van der Waals surface area contributed by atoms with E-state index in [0.717, 1.165) is 44.2 Å². The van der Waals surface area contributed by atoms with Crippen LogP contribution in [0.15, 0.2) is 48.7 Å². The van der Waals surface area contributed by atoms with Crippen LogP contribution in [-0.2, 0) is 24.4 Å². The van der Waals surface area contributed by atoms with E-state index in [4.69, 9.17) is 0 Å². The Morgan fingerprint density at radius 3 is 2.32 bits per heavy atom. The summed E-state index contributed by atoms with van der Waals surface area (Å²) in [6.07, 6.45) is 15.8. The lowest BCUT2D eigenvalue weighted by molar-refractivity contribution is -0.136. The van der Waals surface area contributed by atoms with Gasteiger partial charge in [-0.15, -0.1) is 0 Å². The van der Waals surface area contributed by atoms with Crippen molar-refractivity contribution in [2.45, 2.75) is 115 Å². The van der Waals surface area contributed by atoms with E-state index in [0.29, 0.717) is 19.1 Å². The lowest BCUT2D eigenvalue weighted by Gasteiger charge is -2.36. The lowest BCUT2D eigenvalue weighted by Crippen LogP contribution is -2.49. The van der Waals surface area contributed by atoms with Crippen LogP contribution in [0.25, 0.3) is 0 Å². The molecule has 38 heavy (non-hydrogen) atoms. The van der Waals surface area contributed by atoms with Gasteiger partial charge in [0.2, 0.25) is 5.91 Å². The van der Waals surface area contributed by atoms with Crippen molar-refractivity contribution in [1.82, 2.24) is 25.8 Å². The quantitative estimate of drug-likeness (QED) is 0.295. The summed E-state index contributed by atoms with van der Waals surface area (Å²) < 4.78 is 0. The van der Waals surface area contributed by atoms with E-state index in [1.807, 2.05) is 25.1 Å². The lowest BCUT2D eigenvalue weighted by atomic mass is 9.93. The Labute approximate surface area is 230 Å². The largest absolute Gasteiger partial charge is 0.334 e. The number of nitrogens with one attached hydrogen (secondary N) is 3. The second kappa shape index (κ2) is 16.0. The fourth-order valence-corrected chi connectivity index (χ4v) is 5.89. The van der Waals surface area contributed by atoms with Gasteiger partial charge in [-0.2, -0.15) is 0 Å². The summed E-state index contributed by atoms with van der Waals surface area (Å²) in [6, 6.07) is 15.6. The number of aromatic nitrogens is 1. The van der Waals surface area contributed by atoms with Gasteiger partial charge in [0.05, 0.1) is 11.7 Å². The van der Waals surface area contributed by atoms with Crippen molar-refractivity contribution in [1.29, 1.82) is 0 Å². The number of nitrogens with zero attached hydrogens (tertiary/aromatic N) is 2. The number of amides is 1. The van der Waals surface area contributed by atoms with Gasteiger partial charge in [-0.1, -0.05) is 68.9 Å². The van der Waals surface area contributed by atoms with Crippen LogP contribution in [0.1, 0.15) is 94.4 Å². The third-order valence-electron chi connectivity index (χ3n) is 8.26. The zero-order valence-electron chi connectivity index (χ0n) is 23.5. The summed E-state index contributed by atoms with van der Waals surface area (Å²) >= 11 is 0. The zero-order valence-corrected chi connectivity index (χ0v) is 23.5. The summed E-state index contributed by atoms with van der Waals surface area (Å²) in [4.78, 5) is 20.1. The molecule has 3 N–H and O–H groups in total. The molecule has 2 fully saturated rings. The predicted molar refractivity (Wildman–Crippen MR) is 156 cm³/mol. The van der Waals surface area contributed by atoms with Gasteiger partial charge in [0.15, 0.2) is 0 Å². The van der Waals surface area contributed by atoms with Gasteiger partial charge >= 0.3 is 0 Å². The molecule has 208 valence electrons. The Bertz CT molecular complexity index is 923. The molecule has 0 aliphatic heterocycles. The van der Waals surface area contributed by atoms with Crippen LogP contribution in [0.4, 0.5) is 0 Å². The van der Waals surface area contributed by atoms with Crippen LogP contribution < -0.4 is 16.0 Å². The first-order chi connectivity index (χ1) is 18.7. The highest BCUT2D eigenvalue weighted by molar-refractivity contribution is 5.81. The van der Waals surface area contributed by atoms with Crippen LogP contribution in [0.3, 0.4) is 0 Å². The normalized spacial score (nSPS) is 17.8. The van der Waals surface area contributed by atoms with Crippen molar-refractivity contribution in [3.05, 3.63) is 65.5 Å². The molecule has 0 radical (unpaired) electrons. The molecular weight excluding hydrogens is 470 g/mol. The maximum Gasteiger partial charge on any atom is 0.239 e. The summed E-state index contributed by atoms with van der Waals surface area (Å²) in [6.45, 7) is 6.31. The molecule has 0 saturated heterocycles. The minimum absolute atomic E-state index is 0.195. The van der Waals surface area contributed by atoms with Crippen molar-refractivity contribution in [3.63, 3.8) is 0 Å². The molecule has 0 spiro atoms. The Balaban J connectivity index is 1.23. The van der Waals surface area contributed by atoms with Gasteiger partial charge in [0.25, 0.3) is 0 Å². The molecule has 2 aliphatic rings. The van der Waals surface area contributed by atoms with E-state index < -0.39 is 0 Å². The SMILES string of the molecule is C[C@H](NCc1ccccn1)C(=O)N(Cc1ccc(CNCCCNC2CCCCC2)cc1)C1CCCCC1. The highest BCUT2D eigenvalue weighted by Crippen LogP contribution is 2.25. The number of rotatable bonds is 14. The highest BCUT2D eigenvalue weighted by atomic mass is 16.2. The number of carbonyl (C=O) groups is 1. The van der Waals surface area contributed by atoms with Crippen molar-refractivity contribution in [2.24, 2.45) is 0 Å². The highest BCUT2D eigenvalue weighted by Gasteiger charge is 2.28. The minimum Gasteiger partial charge on any atom is -0.334 e. The van der Waals surface area contributed by atoms with Gasteiger partial charge in [-0.3, -0.25) is 9.78 Å². The first-order valence-electron chi connectivity index (χ1n) is 15.1. The van der Waals surface area contributed by atoms with E-state index in [1.165, 1.54) is 68.9 Å². The van der Waals surface area contributed by atoms with E-state index in [9.17, 15) is 4.79 Å². The number of carbonyl (C=O) groups excluding carboxylic acids is 1. The average molecular weight is 520 g/mol. The van der Waals surface area contributed by atoms with Crippen molar-refractivity contribution in [2.75, 3.05) is 13.1 Å². The maximum absolute atomic E-state index is 13.6. The molecule has 0 unspecified atom stereocenters. The first kappa shape index (κ1) is 28.7. The Kier molecular flexibility index (Phi) is 12.1. The number of pyridine rings is 1. The molecule has 1 aromatic carbocycles. The summed E-state index contributed by atoms with van der Waals surface area (Å²) in [7, 11) is 0. The standard InChI is InChI=1S/C32H49N5O/c1-26(36-24-30-13-8-9-21-35-30)32(38)37(31-14-6-3-7-15-31)25-28-18-16-27(17-19-28)23-33-20-10-22-34-29-11-4-2-5-12-29/h8-9,13,16-19,21,26,29,31,33-34,36H,2-7,10-12,14-15,20,22-25H2,1H3/t26-/m0/s1. The first-order valence-corrected chi connectivity index (χ1v) is 15.1. The second-order valence-electron chi connectivity index (χ2n) is 11.3. The molecule has 6 nitrogen and oxygen atoms in total.